The number of ether oxygens (including phenoxy) is 1. The maximum atomic E-state index is 5.71. The number of thioether (sulfide) groups is 1. The molecular formula is C16H18BrNOS. The first-order chi connectivity index (χ1) is 9.79. The van der Waals surface area contributed by atoms with Gasteiger partial charge in [0.2, 0.25) is 0 Å². The van der Waals surface area contributed by atoms with E-state index in [0.717, 1.165) is 34.6 Å². The number of rotatable bonds is 7. The van der Waals surface area contributed by atoms with Gasteiger partial charge < -0.3 is 10.5 Å². The van der Waals surface area contributed by atoms with Crippen LogP contribution in [-0.2, 0) is 6.54 Å². The molecule has 0 saturated carbocycles. The molecule has 0 spiro atoms. The van der Waals surface area contributed by atoms with Crippen molar-refractivity contribution in [2.45, 2.75) is 17.9 Å². The minimum absolute atomic E-state index is 0.572. The van der Waals surface area contributed by atoms with Crippen LogP contribution in [0.3, 0.4) is 0 Å². The number of nitrogens with two attached hydrogens (primary N) is 1. The van der Waals surface area contributed by atoms with Gasteiger partial charge in [-0.1, -0.05) is 24.3 Å². The lowest BCUT2D eigenvalue weighted by atomic mass is 10.2. The number of halogens is 1. The molecule has 0 fully saturated rings. The van der Waals surface area contributed by atoms with Gasteiger partial charge in [0.1, 0.15) is 5.75 Å². The Hall–Kier alpha value is -0.970. The molecule has 106 valence electrons. The van der Waals surface area contributed by atoms with E-state index in [1.165, 1.54) is 4.90 Å². The fraction of sp³-hybridized carbons (Fsp3) is 0.250. The van der Waals surface area contributed by atoms with E-state index in [-0.39, 0.29) is 0 Å². The van der Waals surface area contributed by atoms with Crippen molar-refractivity contribution in [2.24, 2.45) is 5.73 Å². The van der Waals surface area contributed by atoms with E-state index in [4.69, 9.17) is 10.5 Å². The van der Waals surface area contributed by atoms with Gasteiger partial charge in [-0.3, -0.25) is 0 Å². The summed E-state index contributed by atoms with van der Waals surface area (Å²) in [6.07, 6.45) is 1.02. The zero-order valence-corrected chi connectivity index (χ0v) is 13.6. The summed E-state index contributed by atoms with van der Waals surface area (Å²) < 4.78 is 6.86. The van der Waals surface area contributed by atoms with Crippen LogP contribution in [0.25, 0.3) is 0 Å². The fourth-order valence-corrected chi connectivity index (χ4v) is 3.21. The van der Waals surface area contributed by atoms with Crippen LogP contribution in [0.15, 0.2) is 57.9 Å². The summed E-state index contributed by atoms with van der Waals surface area (Å²) in [5.41, 5.74) is 6.69. The van der Waals surface area contributed by atoms with Gasteiger partial charge >= 0.3 is 0 Å². The Labute approximate surface area is 132 Å². The molecular weight excluding hydrogens is 334 g/mol. The van der Waals surface area contributed by atoms with Gasteiger partial charge in [-0.25, -0.2) is 0 Å². The standard InChI is InChI=1S/C16H18BrNOS/c17-15-4-1-2-5-16(15)20-11-3-10-19-14-8-6-13(12-18)7-9-14/h1-2,4-9H,3,10-12,18H2. The normalized spacial score (nSPS) is 10.5. The Balaban J connectivity index is 1.67. The van der Waals surface area contributed by atoms with Gasteiger partial charge in [-0.05, 0) is 52.2 Å². The molecule has 0 bridgehead atoms. The fourth-order valence-electron chi connectivity index (χ4n) is 1.71. The van der Waals surface area contributed by atoms with E-state index in [1.807, 2.05) is 42.1 Å². The molecule has 20 heavy (non-hydrogen) atoms. The summed E-state index contributed by atoms with van der Waals surface area (Å²) in [4.78, 5) is 1.28. The van der Waals surface area contributed by atoms with Gasteiger partial charge in [0.05, 0.1) is 6.61 Å². The molecule has 0 aliphatic heterocycles. The minimum Gasteiger partial charge on any atom is -0.494 e. The summed E-state index contributed by atoms with van der Waals surface area (Å²) in [5, 5.41) is 0. The molecule has 0 aliphatic carbocycles. The topological polar surface area (TPSA) is 35.2 Å². The van der Waals surface area contributed by atoms with Crippen LogP contribution < -0.4 is 10.5 Å². The van der Waals surface area contributed by atoms with Crippen molar-refractivity contribution in [1.82, 2.24) is 0 Å². The van der Waals surface area contributed by atoms with Crippen molar-refractivity contribution in [3.63, 3.8) is 0 Å². The van der Waals surface area contributed by atoms with Gasteiger partial charge in [0.15, 0.2) is 0 Å². The summed E-state index contributed by atoms with van der Waals surface area (Å²) in [7, 11) is 0. The maximum absolute atomic E-state index is 5.71. The highest BCUT2D eigenvalue weighted by molar-refractivity contribution is 9.10. The SMILES string of the molecule is NCc1ccc(OCCCSc2ccccc2Br)cc1. The molecule has 0 radical (unpaired) electrons. The molecule has 0 heterocycles. The van der Waals surface area contributed by atoms with Gasteiger partial charge in [0, 0.05) is 21.7 Å². The van der Waals surface area contributed by atoms with Crippen LogP contribution in [0.5, 0.6) is 5.75 Å². The minimum atomic E-state index is 0.572. The average molecular weight is 352 g/mol. The van der Waals surface area contributed by atoms with Crippen molar-refractivity contribution in [3.05, 3.63) is 58.6 Å². The quantitative estimate of drug-likeness (QED) is 0.590. The third-order valence-electron chi connectivity index (χ3n) is 2.81. The predicted octanol–water partition coefficient (Wildman–Crippen LogP) is 4.47. The van der Waals surface area contributed by atoms with Crippen LogP contribution in [0.4, 0.5) is 0 Å². The van der Waals surface area contributed by atoms with E-state index >= 15 is 0 Å². The molecule has 0 aliphatic rings. The second-order valence-corrected chi connectivity index (χ2v) is 6.32. The lowest BCUT2D eigenvalue weighted by Gasteiger charge is -2.07. The summed E-state index contributed by atoms with van der Waals surface area (Å²) in [6, 6.07) is 16.2. The summed E-state index contributed by atoms with van der Waals surface area (Å²) in [5.74, 6) is 1.96. The monoisotopic (exact) mass is 351 g/mol. The zero-order valence-electron chi connectivity index (χ0n) is 11.2. The maximum Gasteiger partial charge on any atom is 0.119 e. The van der Waals surface area contributed by atoms with Crippen molar-refractivity contribution in [1.29, 1.82) is 0 Å². The van der Waals surface area contributed by atoms with Gasteiger partial charge in [-0.2, -0.15) is 0 Å². The van der Waals surface area contributed by atoms with Crippen molar-refractivity contribution in [3.8, 4) is 5.75 Å². The molecule has 2 N–H and O–H groups in total. The molecule has 0 amide bonds. The molecule has 2 aromatic rings. The Kier molecular flexibility index (Phi) is 6.43. The second-order valence-electron chi connectivity index (χ2n) is 4.33. The van der Waals surface area contributed by atoms with Gasteiger partial charge in [-0.15, -0.1) is 11.8 Å². The molecule has 0 unspecified atom stereocenters. The summed E-state index contributed by atoms with van der Waals surface area (Å²) in [6.45, 7) is 1.31. The molecule has 0 saturated heterocycles. The van der Waals surface area contributed by atoms with Crippen molar-refractivity contribution in [2.75, 3.05) is 12.4 Å². The second kappa shape index (κ2) is 8.35. The third-order valence-corrected chi connectivity index (χ3v) is 4.92. The molecule has 2 aromatic carbocycles. The Morgan fingerprint density at radius 2 is 1.80 bits per heavy atom. The van der Waals surface area contributed by atoms with Crippen LogP contribution in [0, 0.1) is 0 Å². The van der Waals surface area contributed by atoms with Gasteiger partial charge in [0.25, 0.3) is 0 Å². The highest BCUT2D eigenvalue weighted by Gasteiger charge is 1.99. The third kappa shape index (κ3) is 4.85. The largest absolute Gasteiger partial charge is 0.494 e. The van der Waals surface area contributed by atoms with Crippen LogP contribution in [-0.4, -0.2) is 12.4 Å². The van der Waals surface area contributed by atoms with Crippen LogP contribution in [0.2, 0.25) is 0 Å². The smallest absolute Gasteiger partial charge is 0.119 e. The number of hydrogen-bond donors (Lipinski definition) is 1. The average Bonchev–Trinajstić information content (AvgIpc) is 2.49. The van der Waals surface area contributed by atoms with E-state index in [2.05, 4.69) is 34.1 Å². The van der Waals surface area contributed by atoms with Crippen molar-refractivity contribution < 1.29 is 4.74 Å². The first kappa shape index (κ1) is 15.4. The summed E-state index contributed by atoms with van der Waals surface area (Å²) >= 11 is 5.40. The Bertz CT molecular complexity index is 530. The van der Waals surface area contributed by atoms with Crippen LogP contribution in [0.1, 0.15) is 12.0 Å². The highest BCUT2D eigenvalue weighted by Crippen LogP contribution is 2.27. The molecule has 0 aromatic heterocycles. The van der Waals surface area contributed by atoms with E-state index in [9.17, 15) is 0 Å². The number of hydrogen-bond acceptors (Lipinski definition) is 3. The first-order valence-corrected chi connectivity index (χ1v) is 8.36. The Morgan fingerprint density at radius 3 is 2.50 bits per heavy atom. The molecule has 0 atom stereocenters. The molecule has 4 heteroatoms. The Morgan fingerprint density at radius 1 is 1.05 bits per heavy atom. The van der Waals surface area contributed by atoms with E-state index < -0.39 is 0 Å². The number of benzene rings is 2. The molecule has 2 nitrogen and oxygen atoms in total. The van der Waals surface area contributed by atoms with Crippen molar-refractivity contribution >= 4 is 27.7 Å². The lowest BCUT2D eigenvalue weighted by molar-refractivity contribution is 0.318. The van der Waals surface area contributed by atoms with E-state index in [1.54, 1.807) is 0 Å². The van der Waals surface area contributed by atoms with E-state index in [0.29, 0.717) is 6.54 Å². The zero-order chi connectivity index (χ0) is 14.2. The highest BCUT2D eigenvalue weighted by atomic mass is 79.9. The lowest BCUT2D eigenvalue weighted by Crippen LogP contribution is -2.00. The van der Waals surface area contributed by atoms with Crippen LogP contribution >= 0.6 is 27.7 Å². The molecule has 2 rings (SSSR count). The first-order valence-electron chi connectivity index (χ1n) is 6.59. The predicted molar refractivity (Wildman–Crippen MR) is 89.3 cm³/mol.